The molecule has 0 spiro atoms. The second kappa shape index (κ2) is 2.58. The van der Waals surface area contributed by atoms with Crippen molar-refractivity contribution in [1.29, 1.82) is 0 Å². The SMILES string of the molecule is CC1=C2C(=O)CC(C)CC2(O)CO1. The van der Waals surface area contributed by atoms with Gasteiger partial charge in [0.2, 0.25) is 0 Å². The van der Waals surface area contributed by atoms with Crippen LogP contribution in [0, 0.1) is 5.92 Å². The van der Waals surface area contributed by atoms with Crippen LogP contribution in [0.4, 0.5) is 0 Å². The fraction of sp³-hybridized carbons (Fsp3) is 0.700. The zero-order chi connectivity index (χ0) is 9.64. The van der Waals surface area contributed by atoms with Crippen LogP contribution in [-0.4, -0.2) is 23.1 Å². The lowest BCUT2D eigenvalue weighted by molar-refractivity contribution is -0.121. The van der Waals surface area contributed by atoms with E-state index in [1.165, 1.54) is 0 Å². The van der Waals surface area contributed by atoms with Crippen molar-refractivity contribution in [2.75, 3.05) is 6.61 Å². The molecule has 1 fully saturated rings. The van der Waals surface area contributed by atoms with Crippen molar-refractivity contribution in [1.82, 2.24) is 0 Å². The van der Waals surface area contributed by atoms with Gasteiger partial charge in [-0.2, -0.15) is 0 Å². The molecule has 0 saturated heterocycles. The van der Waals surface area contributed by atoms with E-state index in [9.17, 15) is 9.90 Å². The van der Waals surface area contributed by atoms with Crippen molar-refractivity contribution in [3.63, 3.8) is 0 Å². The molecule has 1 aliphatic heterocycles. The maximum absolute atomic E-state index is 11.6. The number of hydrogen-bond acceptors (Lipinski definition) is 3. The van der Waals surface area contributed by atoms with E-state index in [0.29, 0.717) is 24.2 Å². The lowest BCUT2D eigenvalue weighted by Gasteiger charge is -2.31. The number of hydrogen-bond donors (Lipinski definition) is 1. The number of ketones is 1. The fourth-order valence-electron chi connectivity index (χ4n) is 2.38. The van der Waals surface area contributed by atoms with Crippen LogP contribution in [0.25, 0.3) is 0 Å². The molecule has 1 N–H and O–H groups in total. The van der Waals surface area contributed by atoms with Crippen molar-refractivity contribution < 1.29 is 14.6 Å². The summed E-state index contributed by atoms with van der Waals surface area (Å²) in [6.45, 7) is 3.99. The molecule has 2 aliphatic rings. The summed E-state index contributed by atoms with van der Waals surface area (Å²) in [4.78, 5) is 11.6. The predicted molar refractivity (Wildman–Crippen MR) is 47.0 cm³/mol. The average molecular weight is 182 g/mol. The Labute approximate surface area is 77.4 Å². The standard InChI is InChI=1S/C10H14O3/c1-6-3-8(11)9-7(2)13-5-10(9,12)4-6/h6,12H,3-5H2,1-2H3. The molecule has 3 nitrogen and oxygen atoms in total. The van der Waals surface area contributed by atoms with E-state index in [1.54, 1.807) is 6.92 Å². The lowest BCUT2D eigenvalue weighted by atomic mass is 9.75. The number of fused-ring (bicyclic) bond motifs is 1. The maximum atomic E-state index is 11.6. The van der Waals surface area contributed by atoms with Gasteiger partial charge in [-0.3, -0.25) is 4.79 Å². The number of rotatable bonds is 0. The molecule has 3 heteroatoms. The number of allylic oxidation sites excluding steroid dienone is 1. The van der Waals surface area contributed by atoms with Gasteiger partial charge in [-0.15, -0.1) is 0 Å². The van der Waals surface area contributed by atoms with Crippen LogP contribution in [0.3, 0.4) is 0 Å². The first kappa shape index (κ1) is 8.75. The Hall–Kier alpha value is -0.830. The van der Waals surface area contributed by atoms with Crippen molar-refractivity contribution in [3.8, 4) is 0 Å². The molecule has 0 radical (unpaired) electrons. The smallest absolute Gasteiger partial charge is 0.165 e. The summed E-state index contributed by atoms with van der Waals surface area (Å²) in [5.74, 6) is 0.923. The summed E-state index contributed by atoms with van der Waals surface area (Å²) in [6, 6.07) is 0. The summed E-state index contributed by atoms with van der Waals surface area (Å²) >= 11 is 0. The van der Waals surface area contributed by atoms with E-state index in [0.717, 1.165) is 0 Å². The summed E-state index contributed by atoms with van der Waals surface area (Å²) < 4.78 is 5.23. The molecule has 0 bridgehead atoms. The van der Waals surface area contributed by atoms with Gasteiger partial charge in [0.1, 0.15) is 18.0 Å². The van der Waals surface area contributed by atoms with Gasteiger partial charge in [0.15, 0.2) is 5.78 Å². The maximum Gasteiger partial charge on any atom is 0.165 e. The zero-order valence-corrected chi connectivity index (χ0v) is 7.96. The third-order valence-electron chi connectivity index (χ3n) is 2.84. The van der Waals surface area contributed by atoms with Gasteiger partial charge < -0.3 is 9.84 Å². The van der Waals surface area contributed by atoms with Gasteiger partial charge in [-0.25, -0.2) is 0 Å². The van der Waals surface area contributed by atoms with Crippen molar-refractivity contribution in [2.24, 2.45) is 5.92 Å². The quantitative estimate of drug-likeness (QED) is 0.608. The molecule has 1 saturated carbocycles. The Morgan fingerprint density at radius 2 is 2.31 bits per heavy atom. The Kier molecular flexibility index (Phi) is 1.74. The molecule has 0 amide bonds. The minimum atomic E-state index is -0.987. The monoisotopic (exact) mass is 182 g/mol. The average Bonchev–Trinajstić information content (AvgIpc) is 2.26. The predicted octanol–water partition coefficient (Wildman–Crippen LogP) is 1.02. The molecule has 72 valence electrons. The molecule has 1 aliphatic carbocycles. The van der Waals surface area contributed by atoms with Crippen LogP contribution < -0.4 is 0 Å². The summed E-state index contributed by atoms with van der Waals surface area (Å²) in [5.41, 5.74) is -0.468. The van der Waals surface area contributed by atoms with E-state index in [1.807, 2.05) is 6.92 Å². The molecule has 0 aromatic heterocycles. The van der Waals surface area contributed by atoms with Crippen LogP contribution in [-0.2, 0) is 9.53 Å². The van der Waals surface area contributed by atoms with Crippen LogP contribution in [0.5, 0.6) is 0 Å². The van der Waals surface area contributed by atoms with Crippen molar-refractivity contribution in [2.45, 2.75) is 32.3 Å². The molecule has 1 heterocycles. The van der Waals surface area contributed by atoms with Crippen LogP contribution in [0.15, 0.2) is 11.3 Å². The highest BCUT2D eigenvalue weighted by atomic mass is 16.5. The zero-order valence-electron chi connectivity index (χ0n) is 7.96. The van der Waals surface area contributed by atoms with E-state index in [2.05, 4.69) is 0 Å². The fourth-order valence-corrected chi connectivity index (χ4v) is 2.38. The molecular formula is C10H14O3. The third-order valence-corrected chi connectivity index (χ3v) is 2.84. The molecule has 0 aromatic carbocycles. The Morgan fingerprint density at radius 1 is 1.62 bits per heavy atom. The van der Waals surface area contributed by atoms with E-state index < -0.39 is 5.60 Å². The minimum absolute atomic E-state index is 0.0521. The van der Waals surface area contributed by atoms with Crippen LogP contribution in [0.1, 0.15) is 26.7 Å². The number of carbonyl (C=O) groups excluding carboxylic acids is 1. The molecule has 2 atom stereocenters. The second-order valence-electron chi connectivity index (χ2n) is 4.19. The topological polar surface area (TPSA) is 46.5 Å². The molecular weight excluding hydrogens is 168 g/mol. The first-order valence-corrected chi connectivity index (χ1v) is 4.63. The second-order valence-corrected chi connectivity index (χ2v) is 4.19. The highest BCUT2D eigenvalue weighted by Crippen LogP contribution is 2.40. The summed E-state index contributed by atoms with van der Waals surface area (Å²) in [5, 5.41) is 10.1. The van der Waals surface area contributed by atoms with E-state index >= 15 is 0 Å². The highest BCUT2D eigenvalue weighted by Gasteiger charge is 2.47. The third kappa shape index (κ3) is 1.18. The number of Topliss-reactive ketones (excluding diaryl/α,β-unsaturated/α-hetero) is 1. The highest BCUT2D eigenvalue weighted by molar-refractivity contribution is 5.99. The van der Waals surface area contributed by atoms with Crippen LogP contribution >= 0.6 is 0 Å². The minimum Gasteiger partial charge on any atom is -0.494 e. The summed E-state index contributed by atoms with van der Waals surface area (Å²) in [7, 11) is 0. The van der Waals surface area contributed by atoms with Crippen molar-refractivity contribution in [3.05, 3.63) is 11.3 Å². The van der Waals surface area contributed by atoms with E-state index in [4.69, 9.17) is 4.74 Å². The number of carbonyl (C=O) groups is 1. The van der Waals surface area contributed by atoms with Crippen LogP contribution in [0.2, 0.25) is 0 Å². The first-order valence-electron chi connectivity index (χ1n) is 4.63. The van der Waals surface area contributed by atoms with Gasteiger partial charge in [-0.05, 0) is 19.3 Å². The molecule has 2 rings (SSSR count). The van der Waals surface area contributed by atoms with Gasteiger partial charge >= 0.3 is 0 Å². The van der Waals surface area contributed by atoms with Crippen molar-refractivity contribution >= 4 is 5.78 Å². The van der Waals surface area contributed by atoms with Gasteiger partial charge in [-0.1, -0.05) is 6.92 Å². The normalized spacial score (nSPS) is 39.0. The molecule has 2 unspecified atom stereocenters. The summed E-state index contributed by atoms with van der Waals surface area (Å²) in [6.07, 6.45) is 1.18. The van der Waals surface area contributed by atoms with Gasteiger partial charge in [0.25, 0.3) is 0 Å². The molecule has 0 aromatic rings. The Balaban J connectivity index is 2.40. The number of aliphatic hydroxyl groups is 1. The first-order chi connectivity index (χ1) is 6.03. The Morgan fingerprint density at radius 3 is 3.00 bits per heavy atom. The van der Waals surface area contributed by atoms with Gasteiger partial charge in [0, 0.05) is 6.42 Å². The van der Waals surface area contributed by atoms with E-state index in [-0.39, 0.29) is 18.3 Å². The molecule has 13 heavy (non-hydrogen) atoms. The Bertz CT molecular complexity index is 293. The van der Waals surface area contributed by atoms with Gasteiger partial charge in [0.05, 0.1) is 5.57 Å². The number of ether oxygens (including phenoxy) is 1. The largest absolute Gasteiger partial charge is 0.494 e. The lowest BCUT2D eigenvalue weighted by Crippen LogP contribution is -2.41.